The van der Waals surface area contributed by atoms with Crippen LogP contribution in [0.4, 0.5) is 5.69 Å². The number of unbranched alkanes of at least 4 members (excludes halogenated alkanes) is 1. The first-order chi connectivity index (χ1) is 10.2. The van der Waals surface area contributed by atoms with Crippen LogP contribution < -0.4 is 9.03 Å². The number of sulfonamides is 2. The Morgan fingerprint density at radius 2 is 1.91 bits per heavy atom. The van der Waals surface area contributed by atoms with Gasteiger partial charge in [-0.2, -0.15) is 0 Å². The predicted octanol–water partition coefficient (Wildman–Crippen LogP) is 1.62. The van der Waals surface area contributed by atoms with E-state index in [2.05, 4.69) is 4.72 Å². The van der Waals surface area contributed by atoms with E-state index < -0.39 is 20.0 Å². The van der Waals surface area contributed by atoms with Crippen molar-refractivity contribution in [2.24, 2.45) is 0 Å². The highest BCUT2D eigenvalue weighted by Crippen LogP contribution is 2.35. The third-order valence-corrected chi connectivity index (χ3v) is 6.34. The van der Waals surface area contributed by atoms with Gasteiger partial charge >= 0.3 is 0 Å². The zero-order valence-corrected chi connectivity index (χ0v) is 14.5. The van der Waals surface area contributed by atoms with E-state index in [0.29, 0.717) is 24.1 Å². The highest BCUT2D eigenvalue weighted by Gasteiger charge is 2.31. The Balaban J connectivity index is 2.29. The molecular weight excluding hydrogens is 324 g/mol. The van der Waals surface area contributed by atoms with Crippen molar-refractivity contribution in [2.45, 2.75) is 32.2 Å². The molecule has 0 amide bonds. The molecule has 0 aromatic heterocycles. The zero-order valence-electron chi connectivity index (χ0n) is 12.8. The molecule has 1 aliphatic rings. The van der Waals surface area contributed by atoms with Gasteiger partial charge in [-0.25, -0.2) is 21.6 Å². The summed E-state index contributed by atoms with van der Waals surface area (Å²) in [5.41, 5.74) is 1.26. The van der Waals surface area contributed by atoms with Crippen LogP contribution in [0.1, 0.15) is 37.8 Å². The molecule has 1 unspecified atom stereocenters. The van der Waals surface area contributed by atoms with Crippen molar-refractivity contribution in [1.82, 2.24) is 4.72 Å². The first-order valence-corrected chi connectivity index (χ1v) is 10.8. The number of anilines is 1. The van der Waals surface area contributed by atoms with E-state index in [4.69, 9.17) is 0 Å². The molecule has 0 spiro atoms. The van der Waals surface area contributed by atoms with Gasteiger partial charge in [0.1, 0.15) is 0 Å². The fraction of sp³-hybridized carbons (Fsp3) is 0.571. The summed E-state index contributed by atoms with van der Waals surface area (Å²) < 4.78 is 52.0. The molecule has 2 rings (SSSR count). The smallest absolute Gasteiger partial charge is 0.232 e. The molecule has 22 heavy (non-hydrogen) atoms. The summed E-state index contributed by atoms with van der Waals surface area (Å²) in [7, 11) is -6.72. The van der Waals surface area contributed by atoms with Gasteiger partial charge in [0.25, 0.3) is 0 Å². The normalized spacial score (nSPS) is 19.0. The molecule has 6 nitrogen and oxygen atoms in total. The number of benzene rings is 1. The van der Waals surface area contributed by atoms with Crippen LogP contribution in [-0.4, -0.2) is 35.4 Å². The van der Waals surface area contributed by atoms with Crippen LogP contribution in [0.5, 0.6) is 0 Å². The number of para-hydroxylation sites is 1. The molecule has 8 heteroatoms. The van der Waals surface area contributed by atoms with Gasteiger partial charge in [0, 0.05) is 6.54 Å². The first-order valence-electron chi connectivity index (χ1n) is 7.31. The summed E-state index contributed by atoms with van der Waals surface area (Å²) in [6.07, 6.45) is 3.01. The van der Waals surface area contributed by atoms with Crippen LogP contribution in [0.15, 0.2) is 24.3 Å². The highest BCUT2D eigenvalue weighted by molar-refractivity contribution is 7.92. The molecule has 1 atom stereocenters. The molecule has 0 saturated carbocycles. The lowest BCUT2D eigenvalue weighted by molar-refractivity contribution is 0.529. The van der Waals surface area contributed by atoms with Crippen LogP contribution >= 0.6 is 0 Å². The lowest BCUT2D eigenvalue weighted by Crippen LogP contribution is -2.41. The summed E-state index contributed by atoms with van der Waals surface area (Å²) in [4.78, 5) is 0. The molecule has 0 saturated heterocycles. The molecular formula is C14H22N2O4S2. The Bertz CT molecular complexity index is 729. The van der Waals surface area contributed by atoms with E-state index in [0.717, 1.165) is 12.7 Å². The van der Waals surface area contributed by atoms with Crippen molar-refractivity contribution < 1.29 is 16.8 Å². The van der Waals surface area contributed by atoms with Crippen LogP contribution in [0, 0.1) is 0 Å². The van der Waals surface area contributed by atoms with E-state index in [-0.39, 0.29) is 18.3 Å². The fourth-order valence-electron chi connectivity index (χ4n) is 2.61. The minimum absolute atomic E-state index is 0.0952. The minimum atomic E-state index is -3.36. The molecule has 1 aromatic carbocycles. The zero-order chi connectivity index (χ0) is 16.4. The lowest BCUT2D eigenvalue weighted by Gasteiger charge is -2.34. The number of hydrogen-bond donors (Lipinski definition) is 1. The van der Waals surface area contributed by atoms with E-state index in [9.17, 15) is 16.8 Å². The van der Waals surface area contributed by atoms with Gasteiger partial charge in [0.2, 0.25) is 20.0 Å². The maximum Gasteiger partial charge on any atom is 0.232 e. The highest BCUT2D eigenvalue weighted by atomic mass is 32.2. The first kappa shape index (κ1) is 17.2. The Hall–Kier alpha value is -1.12. The lowest BCUT2D eigenvalue weighted by atomic mass is 9.99. The molecule has 1 aromatic rings. The summed E-state index contributed by atoms with van der Waals surface area (Å²) in [6, 6.07) is 6.65. The van der Waals surface area contributed by atoms with Crippen molar-refractivity contribution in [3.05, 3.63) is 29.8 Å². The quantitative estimate of drug-likeness (QED) is 0.848. The van der Waals surface area contributed by atoms with Crippen LogP contribution in [-0.2, 0) is 20.0 Å². The van der Waals surface area contributed by atoms with Gasteiger partial charge in [-0.3, -0.25) is 4.31 Å². The summed E-state index contributed by atoms with van der Waals surface area (Å²) in [5.74, 6) is 0.0952. The minimum Gasteiger partial charge on any atom is -0.270 e. The SMILES string of the molecule is CCCCS(=O)(=O)NC1CCN(S(C)(=O)=O)c2ccccc21. The average Bonchev–Trinajstić information content (AvgIpc) is 2.44. The van der Waals surface area contributed by atoms with E-state index in [1.54, 1.807) is 24.3 Å². The molecule has 0 aliphatic carbocycles. The van der Waals surface area contributed by atoms with Crippen LogP contribution in [0.3, 0.4) is 0 Å². The average molecular weight is 346 g/mol. The number of hydrogen-bond acceptors (Lipinski definition) is 4. The number of nitrogens with one attached hydrogen (secondary N) is 1. The Kier molecular flexibility index (Phi) is 5.14. The van der Waals surface area contributed by atoms with Crippen LogP contribution in [0.25, 0.3) is 0 Å². The van der Waals surface area contributed by atoms with Gasteiger partial charge in [-0.15, -0.1) is 0 Å². The molecule has 0 fully saturated rings. The molecule has 0 bridgehead atoms. The van der Waals surface area contributed by atoms with Gasteiger partial charge < -0.3 is 0 Å². The maximum atomic E-state index is 12.1. The second-order valence-corrected chi connectivity index (χ2v) is 9.31. The Labute approximate surface area is 132 Å². The Morgan fingerprint density at radius 3 is 2.55 bits per heavy atom. The van der Waals surface area contributed by atoms with Crippen molar-refractivity contribution in [1.29, 1.82) is 0 Å². The molecule has 1 heterocycles. The van der Waals surface area contributed by atoms with Crippen molar-refractivity contribution >= 4 is 25.7 Å². The number of rotatable bonds is 6. The van der Waals surface area contributed by atoms with Crippen molar-refractivity contribution in [3.8, 4) is 0 Å². The predicted molar refractivity (Wildman–Crippen MR) is 87.8 cm³/mol. The van der Waals surface area contributed by atoms with Gasteiger partial charge in [0.15, 0.2) is 0 Å². The largest absolute Gasteiger partial charge is 0.270 e. The summed E-state index contributed by atoms with van der Waals surface area (Å²) >= 11 is 0. The number of nitrogens with zero attached hydrogens (tertiary/aromatic N) is 1. The maximum absolute atomic E-state index is 12.1. The fourth-order valence-corrected chi connectivity index (χ4v) is 5.03. The van der Waals surface area contributed by atoms with Gasteiger partial charge in [0.05, 0.1) is 23.7 Å². The van der Waals surface area contributed by atoms with Gasteiger partial charge in [-0.1, -0.05) is 31.5 Å². The van der Waals surface area contributed by atoms with Gasteiger partial charge in [-0.05, 0) is 24.5 Å². The second kappa shape index (κ2) is 6.55. The molecule has 124 valence electrons. The second-order valence-electron chi connectivity index (χ2n) is 5.53. The standard InChI is InChI=1S/C14H22N2O4S2/c1-3-4-11-22(19,20)15-13-9-10-16(21(2,17)18)14-8-6-5-7-12(13)14/h5-8,13,15H,3-4,9-11H2,1-2H3. The summed E-state index contributed by atoms with van der Waals surface area (Å²) in [6.45, 7) is 2.21. The Morgan fingerprint density at radius 1 is 1.23 bits per heavy atom. The third kappa shape index (κ3) is 3.99. The van der Waals surface area contributed by atoms with E-state index in [1.165, 1.54) is 4.31 Å². The van der Waals surface area contributed by atoms with E-state index in [1.807, 2.05) is 6.92 Å². The molecule has 1 N–H and O–H groups in total. The monoisotopic (exact) mass is 346 g/mol. The van der Waals surface area contributed by atoms with Crippen molar-refractivity contribution in [3.63, 3.8) is 0 Å². The third-order valence-electron chi connectivity index (χ3n) is 3.69. The number of fused-ring (bicyclic) bond motifs is 1. The topological polar surface area (TPSA) is 83.6 Å². The molecule has 1 aliphatic heterocycles. The summed E-state index contributed by atoms with van der Waals surface area (Å²) in [5, 5.41) is 0. The van der Waals surface area contributed by atoms with E-state index >= 15 is 0 Å². The molecule has 0 radical (unpaired) electrons. The van der Waals surface area contributed by atoms with Crippen molar-refractivity contribution in [2.75, 3.05) is 22.9 Å². The van der Waals surface area contributed by atoms with Crippen LogP contribution in [0.2, 0.25) is 0 Å².